The van der Waals surface area contributed by atoms with Crippen LogP contribution in [0.2, 0.25) is 0 Å². The van der Waals surface area contributed by atoms with E-state index in [0.29, 0.717) is 0 Å². The lowest BCUT2D eigenvalue weighted by atomic mass is 10.2. The van der Waals surface area contributed by atoms with Gasteiger partial charge in [0, 0.05) is 35.2 Å². The molecule has 0 saturated carbocycles. The molecule has 104 valence electrons. The van der Waals surface area contributed by atoms with Crippen LogP contribution in [-0.2, 0) is 0 Å². The summed E-state index contributed by atoms with van der Waals surface area (Å²) in [5.74, 6) is 0. The zero-order chi connectivity index (χ0) is 14.8. The maximum atomic E-state index is 4.03. The summed E-state index contributed by atoms with van der Waals surface area (Å²) in [6.45, 7) is 8.25. The van der Waals surface area contributed by atoms with Crippen LogP contribution in [0.4, 0.5) is 11.4 Å². The second-order valence-electron chi connectivity index (χ2n) is 5.25. The Kier molecular flexibility index (Phi) is 3.80. The summed E-state index contributed by atoms with van der Waals surface area (Å²) >= 11 is 1.71. The summed E-state index contributed by atoms with van der Waals surface area (Å²) in [4.78, 5) is 1.08. The highest BCUT2D eigenvalue weighted by molar-refractivity contribution is 8.18. The predicted octanol–water partition coefficient (Wildman–Crippen LogP) is 5.35. The van der Waals surface area contributed by atoms with E-state index in [1.165, 1.54) is 27.5 Å². The van der Waals surface area contributed by atoms with Crippen molar-refractivity contribution in [3.8, 4) is 0 Å². The fraction of sp³-hybridized carbons (Fsp3) is 0.105. The van der Waals surface area contributed by atoms with Gasteiger partial charge < -0.3 is 0 Å². The molecule has 0 amide bonds. The Labute approximate surface area is 130 Å². The fourth-order valence-electron chi connectivity index (χ4n) is 2.28. The molecule has 2 aromatic rings. The molecule has 2 heteroatoms. The van der Waals surface area contributed by atoms with E-state index in [1.807, 2.05) is 0 Å². The van der Waals surface area contributed by atoms with Gasteiger partial charge in [-0.3, -0.25) is 0 Å². The third-order valence-electron chi connectivity index (χ3n) is 3.45. The zero-order valence-corrected chi connectivity index (χ0v) is 13.2. The molecule has 0 atom stereocenters. The van der Waals surface area contributed by atoms with Gasteiger partial charge in [-0.1, -0.05) is 42.0 Å². The molecule has 1 aliphatic rings. The standard InChI is InChI=1S/C19H18NS/c1-14-4-9-17(10-5-14)20(19-13-8-16(3)21-19)18-11-6-15(2)7-12-18/h4-13H,3H2,1-2H3/q+1. The Morgan fingerprint density at radius 3 is 1.62 bits per heavy atom. The van der Waals surface area contributed by atoms with Crippen LogP contribution in [0.1, 0.15) is 11.1 Å². The summed E-state index contributed by atoms with van der Waals surface area (Å²) in [7, 11) is 0. The average molecular weight is 292 g/mol. The Bertz CT molecular complexity index is 687. The molecule has 1 aliphatic heterocycles. The van der Waals surface area contributed by atoms with E-state index in [2.05, 4.69) is 85.7 Å². The first kappa shape index (κ1) is 13.9. The second kappa shape index (κ2) is 5.74. The van der Waals surface area contributed by atoms with Crippen molar-refractivity contribution in [1.29, 1.82) is 0 Å². The molecular formula is C19H18NS+. The minimum absolute atomic E-state index is 1.08. The molecule has 0 aliphatic carbocycles. The molecule has 0 spiro atoms. The van der Waals surface area contributed by atoms with Gasteiger partial charge in [-0.05, 0) is 31.7 Å². The van der Waals surface area contributed by atoms with Crippen molar-refractivity contribution in [3.05, 3.63) is 83.3 Å². The lowest BCUT2D eigenvalue weighted by Crippen LogP contribution is -2.10. The van der Waals surface area contributed by atoms with Gasteiger partial charge in [0.25, 0.3) is 5.04 Å². The minimum Gasteiger partial charge on any atom is -0.148 e. The van der Waals surface area contributed by atoms with Crippen LogP contribution >= 0.6 is 11.8 Å². The van der Waals surface area contributed by atoms with Gasteiger partial charge in [0.05, 0.1) is 0 Å². The second-order valence-corrected chi connectivity index (χ2v) is 6.39. The van der Waals surface area contributed by atoms with Crippen molar-refractivity contribution in [3.63, 3.8) is 0 Å². The number of aryl methyl sites for hydroxylation is 2. The smallest absolute Gasteiger partial charge is 0.148 e. The molecule has 0 N–H and O–H groups in total. The maximum Gasteiger partial charge on any atom is 0.251 e. The number of nitrogens with zero attached hydrogens (tertiary/aromatic N) is 1. The molecule has 0 unspecified atom stereocenters. The van der Waals surface area contributed by atoms with Gasteiger partial charge in [-0.25, -0.2) is 0 Å². The van der Waals surface area contributed by atoms with Gasteiger partial charge in [-0.2, -0.15) is 0 Å². The van der Waals surface area contributed by atoms with Crippen molar-refractivity contribution in [2.75, 3.05) is 0 Å². The van der Waals surface area contributed by atoms with E-state index in [-0.39, 0.29) is 0 Å². The van der Waals surface area contributed by atoms with Crippen molar-refractivity contribution in [1.82, 2.24) is 4.58 Å². The van der Waals surface area contributed by atoms with Crippen molar-refractivity contribution in [2.45, 2.75) is 13.8 Å². The summed E-state index contributed by atoms with van der Waals surface area (Å²) in [5, 5.41) is 1.19. The lowest BCUT2D eigenvalue weighted by Gasteiger charge is -2.05. The van der Waals surface area contributed by atoms with E-state index >= 15 is 0 Å². The SMILES string of the molecule is C=C1C=CC(=[N+](c2ccc(C)cc2)c2ccc(C)cc2)S1. The minimum atomic E-state index is 1.08. The van der Waals surface area contributed by atoms with Gasteiger partial charge in [-0.15, -0.1) is 4.58 Å². The lowest BCUT2D eigenvalue weighted by molar-refractivity contribution is 1.09. The fourth-order valence-corrected chi connectivity index (χ4v) is 3.12. The van der Waals surface area contributed by atoms with E-state index in [9.17, 15) is 0 Å². The Hall–Kier alpha value is -2.06. The van der Waals surface area contributed by atoms with E-state index < -0.39 is 0 Å². The molecule has 0 radical (unpaired) electrons. The first-order valence-electron chi connectivity index (χ1n) is 6.99. The Morgan fingerprint density at radius 2 is 1.24 bits per heavy atom. The van der Waals surface area contributed by atoms with Crippen LogP contribution in [0, 0.1) is 13.8 Å². The van der Waals surface area contributed by atoms with Gasteiger partial charge in [0.2, 0.25) is 11.4 Å². The molecule has 0 saturated heterocycles. The number of thioether (sulfide) groups is 1. The topological polar surface area (TPSA) is 3.01 Å². The van der Waals surface area contributed by atoms with Crippen LogP contribution in [-0.4, -0.2) is 5.04 Å². The van der Waals surface area contributed by atoms with Crippen LogP contribution in [0.15, 0.2) is 72.2 Å². The zero-order valence-electron chi connectivity index (χ0n) is 12.3. The van der Waals surface area contributed by atoms with Crippen molar-refractivity contribution >= 4 is 28.2 Å². The number of hydrogen-bond acceptors (Lipinski definition) is 1. The predicted molar refractivity (Wildman–Crippen MR) is 94.7 cm³/mol. The van der Waals surface area contributed by atoms with Crippen LogP contribution < -0.4 is 4.58 Å². The molecule has 0 fully saturated rings. The third kappa shape index (κ3) is 3.01. The number of rotatable bonds is 2. The summed E-state index contributed by atoms with van der Waals surface area (Å²) in [6.07, 6.45) is 4.20. The van der Waals surface area contributed by atoms with Crippen molar-refractivity contribution in [2.24, 2.45) is 0 Å². The van der Waals surface area contributed by atoms with Crippen molar-refractivity contribution < 1.29 is 0 Å². The number of benzene rings is 2. The first-order valence-corrected chi connectivity index (χ1v) is 7.80. The maximum absolute atomic E-state index is 4.03. The van der Waals surface area contributed by atoms with Gasteiger partial charge in [0.1, 0.15) is 0 Å². The highest BCUT2D eigenvalue weighted by atomic mass is 32.2. The molecular weight excluding hydrogens is 274 g/mol. The molecule has 21 heavy (non-hydrogen) atoms. The molecule has 0 aromatic heterocycles. The quantitative estimate of drug-likeness (QED) is 0.674. The number of allylic oxidation sites excluding steroid dienone is 1. The molecule has 1 nitrogen and oxygen atoms in total. The molecule has 3 rings (SSSR count). The largest absolute Gasteiger partial charge is 0.251 e. The monoisotopic (exact) mass is 292 g/mol. The van der Waals surface area contributed by atoms with Crippen LogP contribution in [0.3, 0.4) is 0 Å². The first-order chi connectivity index (χ1) is 10.1. The molecule has 2 aromatic carbocycles. The normalized spacial score (nSPS) is 13.8. The average Bonchev–Trinajstić information content (AvgIpc) is 2.90. The number of hydrogen-bond donors (Lipinski definition) is 0. The van der Waals surface area contributed by atoms with Crippen LogP contribution in [0.5, 0.6) is 0 Å². The Balaban J connectivity index is 2.16. The molecule has 0 bridgehead atoms. The third-order valence-corrected chi connectivity index (χ3v) is 4.38. The highest BCUT2D eigenvalue weighted by Crippen LogP contribution is 2.30. The van der Waals surface area contributed by atoms with Gasteiger partial charge >= 0.3 is 0 Å². The summed E-state index contributed by atoms with van der Waals surface area (Å²) in [5.41, 5.74) is 4.89. The summed E-state index contributed by atoms with van der Waals surface area (Å²) < 4.78 is 2.28. The van der Waals surface area contributed by atoms with E-state index in [1.54, 1.807) is 11.8 Å². The highest BCUT2D eigenvalue weighted by Gasteiger charge is 2.23. The molecule has 1 heterocycles. The van der Waals surface area contributed by atoms with Gasteiger partial charge in [0.15, 0.2) is 0 Å². The Morgan fingerprint density at radius 1 is 0.762 bits per heavy atom. The van der Waals surface area contributed by atoms with E-state index in [4.69, 9.17) is 0 Å². The van der Waals surface area contributed by atoms with Crippen LogP contribution in [0.25, 0.3) is 0 Å². The van der Waals surface area contributed by atoms with E-state index in [0.717, 1.165) is 4.91 Å². The summed E-state index contributed by atoms with van der Waals surface area (Å²) in [6, 6.07) is 17.2.